The van der Waals surface area contributed by atoms with Gasteiger partial charge in [-0.15, -0.1) is 0 Å². The summed E-state index contributed by atoms with van der Waals surface area (Å²) >= 11 is 0. The van der Waals surface area contributed by atoms with Gasteiger partial charge in [0, 0.05) is 5.56 Å². The SMILES string of the molecule is COC(=O)C[C@@](C)(O)CC(=O)O[C@H]1[C@H](O)[C@@H](O)[C@H](Oc2c(-c3ccc(OC)c(OC)c3)oc3c(OC)c(OC)c(OC)c(OC)c3c2=O)O[C@@H]1CO. The van der Waals surface area contributed by atoms with Gasteiger partial charge in [-0.3, -0.25) is 14.4 Å². The Hall–Kier alpha value is -5.01. The maximum atomic E-state index is 14.5. The lowest BCUT2D eigenvalue weighted by molar-refractivity contribution is -0.282. The molecule has 2 heterocycles. The van der Waals surface area contributed by atoms with Crippen molar-refractivity contribution in [3.8, 4) is 51.6 Å². The van der Waals surface area contributed by atoms with Crippen molar-refractivity contribution in [2.45, 2.75) is 56.1 Å². The Morgan fingerprint density at radius 2 is 1.38 bits per heavy atom. The van der Waals surface area contributed by atoms with Crippen LogP contribution in [0.15, 0.2) is 27.4 Å². The zero-order chi connectivity index (χ0) is 38.5. The Kier molecular flexibility index (Phi) is 12.7. The molecule has 0 aliphatic carbocycles. The molecule has 1 fully saturated rings. The van der Waals surface area contributed by atoms with Crippen LogP contribution in [0.4, 0.5) is 0 Å². The fourth-order valence-corrected chi connectivity index (χ4v) is 5.70. The van der Waals surface area contributed by atoms with Gasteiger partial charge >= 0.3 is 11.9 Å². The highest BCUT2D eigenvalue weighted by atomic mass is 16.7. The van der Waals surface area contributed by atoms with Gasteiger partial charge in [0.2, 0.25) is 34.7 Å². The number of aliphatic hydroxyl groups excluding tert-OH is 3. The molecule has 52 heavy (non-hydrogen) atoms. The lowest BCUT2D eigenvalue weighted by Gasteiger charge is -2.41. The third kappa shape index (κ3) is 7.75. The first-order valence-corrected chi connectivity index (χ1v) is 15.6. The quantitative estimate of drug-likeness (QED) is 0.159. The zero-order valence-corrected chi connectivity index (χ0v) is 29.7. The maximum absolute atomic E-state index is 14.5. The van der Waals surface area contributed by atoms with E-state index in [1.54, 1.807) is 0 Å². The van der Waals surface area contributed by atoms with Crippen molar-refractivity contribution in [3.05, 3.63) is 28.4 Å². The van der Waals surface area contributed by atoms with E-state index in [1.807, 2.05) is 0 Å². The van der Waals surface area contributed by atoms with Gasteiger partial charge in [0.15, 0.2) is 34.7 Å². The smallest absolute Gasteiger partial charge is 0.309 e. The molecule has 0 unspecified atom stereocenters. The van der Waals surface area contributed by atoms with Gasteiger partial charge in [0.05, 0.1) is 74.8 Å². The molecule has 0 bridgehead atoms. The van der Waals surface area contributed by atoms with Crippen molar-refractivity contribution >= 4 is 22.9 Å². The summed E-state index contributed by atoms with van der Waals surface area (Å²) in [4.78, 5) is 38.9. The molecular formula is C34H42O18. The summed E-state index contributed by atoms with van der Waals surface area (Å²) < 4.78 is 60.8. The monoisotopic (exact) mass is 738 g/mol. The predicted molar refractivity (Wildman–Crippen MR) is 177 cm³/mol. The van der Waals surface area contributed by atoms with Crippen LogP contribution in [0.3, 0.4) is 0 Å². The first kappa shape index (κ1) is 39.8. The van der Waals surface area contributed by atoms with Crippen molar-refractivity contribution < 1.29 is 81.8 Å². The molecule has 1 saturated heterocycles. The highest BCUT2D eigenvalue weighted by Gasteiger charge is 2.49. The number of fused-ring (bicyclic) bond motifs is 1. The Morgan fingerprint density at radius 3 is 1.94 bits per heavy atom. The van der Waals surface area contributed by atoms with Crippen LogP contribution in [-0.4, -0.2) is 125 Å². The molecule has 4 N–H and O–H groups in total. The molecule has 0 saturated carbocycles. The van der Waals surface area contributed by atoms with Crippen molar-refractivity contribution in [1.29, 1.82) is 0 Å². The van der Waals surface area contributed by atoms with Crippen molar-refractivity contribution in [1.82, 2.24) is 0 Å². The average Bonchev–Trinajstić information content (AvgIpc) is 3.13. The number of carbonyl (C=O) groups excluding carboxylic acids is 2. The summed E-state index contributed by atoms with van der Waals surface area (Å²) in [6.45, 7) is 0.333. The fourth-order valence-electron chi connectivity index (χ4n) is 5.70. The molecule has 3 aromatic rings. The zero-order valence-electron chi connectivity index (χ0n) is 29.7. The van der Waals surface area contributed by atoms with Crippen LogP contribution in [0.1, 0.15) is 19.8 Å². The van der Waals surface area contributed by atoms with E-state index >= 15 is 0 Å². The molecule has 18 heteroatoms. The predicted octanol–water partition coefficient (Wildman–Crippen LogP) is 0.945. The number of hydrogen-bond acceptors (Lipinski definition) is 18. The lowest BCUT2D eigenvalue weighted by Crippen LogP contribution is -2.61. The van der Waals surface area contributed by atoms with E-state index in [1.165, 1.54) is 67.8 Å². The minimum absolute atomic E-state index is 0.0218. The number of benzene rings is 2. The van der Waals surface area contributed by atoms with Gasteiger partial charge < -0.3 is 72.2 Å². The molecule has 4 rings (SSSR count). The van der Waals surface area contributed by atoms with E-state index in [-0.39, 0.29) is 51.0 Å². The summed E-state index contributed by atoms with van der Waals surface area (Å²) in [5.74, 6) is -2.25. The number of aliphatic hydroxyl groups is 4. The van der Waals surface area contributed by atoms with Crippen molar-refractivity contribution in [3.63, 3.8) is 0 Å². The summed E-state index contributed by atoms with van der Waals surface area (Å²) in [5.41, 5.74) is -2.70. The van der Waals surface area contributed by atoms with Gasteiger partial charge in [-0.25, -0.2) is 0 Å². The fraction of sp³-hybridized carbons (Fsp3) is 0.500. The lowest BCUT2D eigenvalue weighted by atomic mass is 9.97. The van der Waals surface area contributed by atoms with Crippen LogP contribution in [0.5, 0.6) is 40.2 Å². The molecule has 1 aromatic heterocycles. The van der Waals surface area contributed by atoms with Crippen LogP contribution in [0, 0.1) is 0 Å². The second-order valence-electron chi connectivity index (χ2n) is 11.7. The molecule has 0 spiro atoms. The molecule has 1 aliphatic rings. The van der Waals surface area contributed by atoms with Crippen molar-refractivity contribution in [2.75, 3.05) is 56.4 Å². The molecule has 0 amide bonds. The minimum Gasteiger partial charge on any atom is -0.493 e. The Morgan fingerprint density at radius 1 is 0.788 bits per heavy atom. The summed E-state index contributed by atoms with van der Waals surface area (Å²) in [5, 5.41) is 42.7. The number of rotatable bonds is 15. The van der Waals surface area contributed by atoms with Gasteiger partial charge in [-0.2, -0.15) is 0 Å². The van der Waals surface area contributed by atoms with E-state index in [4.69, 9.17) is 47.0 Å². The van der Waals surface area contributed by atoms with E-state index < -0.39 is 78.9 Å². The third-order valence-electron chi connectivity index (χ3n) is 8.19. The van der Waals surface area contributed by atoms with Crippen LogP contribution in [0.2, 0.25) is 0 Å². The maximum Gasteiger partial charge on any atom is 0.309 e. The molecule has 0 radical (unpaired) electrons. The number of hydrogen-bond donors (Lipinski definition) is 4. The van der Waals surface area contributed by atoms with Crippen molar-refractivity contribution in [2.24, 2.45) is 0 Å². The van der Waals surface area contributed by atoms with Crippen LogP contribution >= 0.6 is 0 Å². The van der Waals surface area contributed by atoms with E-state index in [0.29, 0.717) is 5.75 Å². The Bertz CT molecular complexity index is 1810. The Balaban J connectivity index is 1.84. The molecule has 2 aromatic carbocycles. The average molecular weight is 739 g/mol. The van der Waals surface area contributed by atoms with Crippen LogP contribution in [-0.2, 0) is 23.8 Å². The normalized spacial score (nSPS) is 21.0. The van der Waals surface area contributed by atoms with Gasteiger partial charge in [-0.1, -0.05) is 0 Å². The number of carbonyl (C=O) groups is 2. The standard InChI is InChI=1S/C34H42O18/c1-34(41,12-19(36)44-4)13-20(37)50-26-18(14-35)49-33(24(40)23(26)39)52-29-22(38)21-27(45-5)30(46-6)32(48-8)31(47-7)28(21)51-25(29)15-9-10-16(42-2)17(11-15)43-3/h9-11,18,23-24,26,33,35,39-41H,12-14H2,1-8H3/t18-,23-,24-,26-,33+,34-/m1/s1. The molecule has 18 nitrogen and oxygen atoms in total. The highest BCUT2D eigenvalue weighted by Crippen LogP contribution is 2.52. The largest absolute Gasteiger partial charge is 0.493 e. The first-order chi connectivity index (χ1) is 24.7. The summed E-state index contributed by atoms with van der Waals surface area (Å²) in [7, 11) is 9.18. The Labute approximate surface area is 297 Å². The van der Waals surface area contributed by atoms with Gasteiger partial charge in [0.25, 0.3) is 0 Å². The summed E-state index contributed by atoms with van der Waals surface area (Å²) in [6.07, 6.45) is -10.3. The molecule has 6 atom stereocenters. The van der Waals surface area contributed by atoms with E-state index in [2.05, 4.69) is 4.74 Å². The summed E-state index contributed by atoms with van der Waals surface area (Å²) in [6, 6.07) is 4.54. The van der Waals surface area contributed by atoms with Gasteiger partial charge in [0.1, 0.15) is 23.7 Å². The van der Waals surface area contributed by atoms with Crippen LogP contribution < -0.4 is 38.6 Å². The third-order valence-corrected chi connectivity index (χ3v) is 8.19. The first-order valence-electron chi connectivity index (χ1n) is 15.6. The minimum atomic E-state index is -2.01. The van der Waals surface area contributed by atoms with E-state index in [0.717, 1.165) is 7.11 Å². The number of methoxy groups -OCH3 is 7. The second kappa shape index (κ2) is 16.6. The van der Waals surface area contributed by atoms with Crippen LogP contribution in [0.25, 0.3) is 22.3 Å². The molecule has 286 valence electrons. The second-order valence-corrected chi connectivity index (χ2v) is 11.7. The topological polar surface area (TPSA) is 238 Å². The molecule has 1 aliphatic heterocycles. The molecular weight excluding hydrogens is 696 g/mol. The highest BCUT2D eigenvalue weighted by molar-refractivity contribution is 5.97. The van der Waals surface area contributed by atoms with E-state index in [9.17, 15) is 34.8 Å². The number of esters is 2. The number of ether oxygens (including phenoxy) is 10. The van der Waals surface area contributed by atoms with Gasteiger partial charge in [-0.05, 0) is 25.1 Å².